The number of benzene rings is 2. The summed E-state index contributed by atoms with van der Waals surface area (Å²) in [4.78, 5) is 33.8. The van der Waals surface area contributed by atoms with E-state index in [9.17, 15) is 19.7 Å². The third kappa shape index (κ3) is 4.91. The molecule has 26 heavy (non-hydrogen) atoms. The summed E-state index contributed by atoms with van der Waals surface area (Å²) < 4.78 is 5.18. The van der Waals surface area contributed by atoms with E-state index in [0.29, 0.717) is 22.7 Å². The van der Waals surface area contributed by atoms with Crippen molar-refractivity contribution in [2.45, 2.75) is 6.92 Å². The van der Waals surface area contributed by atoms with Crippen LogP contribution < -0.4 is 15.4 Å². The molecule has 0 unspecified atom stereocenters. The van der Waals surface area contributed by atoms with Gasteiger partial charge >= 0.3 is 0 Å². The Morgan fingerprint density at radius 1 is 1.15 bits per heavy atom. The Bertz CT molecular complexity index is 877. The maximum Gasteiger partial charge on any atom is 0.276 e. The van der Waals surface area contributed by atoms with Gasteiger partial charge in [0.25, 0.3) is 5.69 Å². The van der Waals surface area contributed by atoms with Crippen LogP contribution in [0.25, 0.3) is 6.08 Å². The van der Waals surface area contributed by atoms with Crippen molar-refractivity contribution in [2.75, 3.05) is 17.7 Å². The minimum atomic E-state index is -0.516. The maximum absolute atomic E-state index is 12.2. The van der Waals surface area contributed by atoms with E-state index in [1.165, 1.54) is 32.3 Å². The van der Waals surface area contributed by atoms with Crippen molar-refractivity contribution in [2.24, 2.45) is 0 Å². The zero-order valence-corrected chi connectivity index (χ0v) is 14.2. The number of hydrogen-bond acceptors (Lipinski definition) is 5. The molecule has 0 aliphatic carbocycles. The molecule has 134 valence electrons. The SMILES string of the molecule is COc1ccc(NC(C)=O)cc1NC(=O)/C=C/c1ccccc1[N+](=O)[O-]. The fraction of sp³-hybridized carbons (Fsp3) is 0.111. The molecule has 2 rings (SSSR count). The van der Waals surface area contributed by atoms with Crippen LogP contribution >= 0.6 is 0 Å². The van der Waals surface area contributed by atoms with Crippen molar-refractivity contribution >= 4 is 35.0 Å². The molecule has 0 aliphatic heterocycles. The molecule has 8 nitrogen and oxygen atoms in total. The second-order valence-electron chi connectivity index (χ2n) is 5.23. The van der Waals surface area contributed by atoms with Crippen LogP contribution in [0.1, 0.15) is 12.5 Å². The first-order valence-corrected chi connectivity index (χ1v) is 7.59. The van der Waals surface area contributed by atoms with Crippen molar-refractivity contribution in [3.8, 4) is 5.75 Å². The van der Waals surface area contributed by atoms with Crippen molar-refractivity contribution in [1.82, 2.24) is 0 Å². The number of carbonyl (C=O) groups is 2. The average molecular weight is 355 g/mol. The van der Waals surface area contributed by atoms with Gasteiger partial charge in [-0.1, -0.05) is 12.1 Å². The van der Waals surface area contributed by atoms with Gasteiger partial charge in [0.2, 0.25) is 11.8 Å². The number of methoxy groups -OCH3 is 1. The van der Waals surface area contributed by atoms with Gasteiger partial charge in [0.15, 0.2) is 0 Å². The number of hydrogen-bond donors (Lipinski definition) is 2. The molecule has 0 aliphatic rings. The van der Waals surface area contributed by atoms with Gasteiger partial charge in [0.05, 0.1) is 23.3 Å². The molecule has 0 bridgehead atoms. The fourth-order valence-corrected chi connectivity index (χ4v) is 2.22. The van der Waals surface area contributed by atoms with Gasteiger partial charge in [0.1, 0.15) is 5.75 Å². The van der Waals surface area contributed by atoms with E-state index >= 15 is 0 Å². The second kappa shape index (κ2) is 8.43. The van der Waals surface area contributed by atoms with Crippen LogP contribution in [0.3, 0.4) is 0 Å². The number of nitrogens with one attached hydrogen (secondary N) is 2. The van der Waals surface area contributed by atoms with Crippen molar-refractivity contribution in [3.63, 3.8) is 0 Å². The predicted molar refractivity (Wildman–Crippen MR) is 98.1 cm³/mol. The van der Waals surface area contributed by atoms with Crippen LogP contribution in [0.15, 0.2) is 48.5 Å². The van der Waals surface area contributed by atoms with Gasteiger partial charge in [-0.25, -0.2) is 0 Å². The molecule has 2 N–H and O–H groups in total. The molecule has 0 fully saturated rings. The summed E-state index contributed by atoms with van der Waals surface area (Å²) in [6, 6.07) is 10.9. The van der Waals surface area contributed by atoms with Crippen LogP contribution in [-0.4, -0.2) is 23.8 Å². The molecule has 0 atom stereocenters. The number of nitro benzene ring substituents is 1. The Balaban J connectivity index is 2.19. The van der Waals surface area contributed by atoms with Crippen LogP contribution in [0.5, 0.6) is 5.75 Å². The highest BCUT2D eigenvalue weighted by Gasteiger charge is 2.11. The smallest absolute Gasteiger partial charge is 0.276 e. The van der Waals surface area contributed by atoms with E-state index in [1.54, 1.807) is 36.4 Å². The Morgan fingerprint density at radius 3 is 2.54 bits per heavy atom. The van der Waals surface area contributed by atoms with E-state index in [4.69, 9.17) is 4.74 Å². The summed E-state index contributed by atoms with van der Waals surface area (Å²) in [5, 5.41) is 16.2. The standard InChI is InChI=1S/C18H17N3O5/c1-12(22)19-14-8-9-17(26-2)15(11-14)20-18(23)10-7-13-5-3-4-6-16(13)21(24)25/h3-11H,1-2H3,(H,19,22)(H,20,23)/b10-7+. The van der Waals surface area contributed by atoms with Crippen molar-refractivity contribution in [3.05, 3.63) is 64.2 Å². The number of carbonyl (C=O) groups excluding carboxylic acids is 2. The van der Waals surface area contributed by atoms with Gasteiger partial charge in [0, 0.05) is 24.8 Å². The minimum Gasteiger partial charge on any atom is -0.495 e. The number of anilines is 2. The third-order valence-corrected chi connectivity index (χ3v) is 3.33. The van der Waals surface area contributed by atoms with Gasteiger partial charge in [-0.2, -0.15) is 0 Å². The first kappa shape index (κ1) is 18.7. The Kier molecular flexibility index (Phi) is 6.05. The quantitative estimate of drug-likeness (QED) is 0.469. The summed E-state index contributed by atoms with van der Waals surface area (Å²) in [5.74, 6) is -0.336. The second-order valence-corrected chi connectivity index (χ2v) is 5.23. The number of nitro groups is 1. The van der Waals surface area contributed by atoms with E-state index in [1.807, 2.05) is 0 Å². The molecule has 0 spiro atoms. The Labute approximate surface area is 149 Å². The molecule has 8 heteroatoms. The summed E-state index contributed by atoms with van der Waals surface area (Å²) in [6.45, 7) is 1.37. The summed E-state index contributed by atoms with van der Waals surface area (Å²) >= 11 is 0. The monoisotopic (exact) mass is 355 g/mol. The molecule has 0 radical (unpaired) electrons. The zero-order valence-electron chi connectivity index (χ0n) is 14.2. The Hall–Kier alpha value is -3.68. The third-order valence-electron chi connectivity index (χ3n) is 3.33. The van der Waals surface area contributed by atoms with E-state index in [-0.39, 0.29) is 11.6 Å². The molecule has 0 aromatic heterocycles. The predicted octanol–water partition coefficient (Wildman–Crippen LogP) is 3.21. The molecule has 2 amide bonds. The molecule has 0 heterocycles. The van der Waals surface area contributed by atoms with Gasteiger partial charge < -0.3 is 15.4 Å². The van der Waals surface area contributed by atoms with Crippen LogP contribution in [0.2, 0.25) is 0 Å². The maximum atomic E-state index is 12.2. The van der Waals surface area contributed by atoms with Crippen LogP contribution in [0.4, 0.5) is 17.1 Å². The fourth-order valence-electron chi connectivity index (χ4n) is 2.22. The summed E-state index contributed by atoms with van der Waals surface area (Å²) in [6.07, 6.45) is 2.55. The highest BCUT2D eigenvalue weighted by molar-refractivity contribution is 6.03. The van der Waals surface area contributed by atoms with Crippen LogP contribution in [0, 0.1) is 10.1 Å². The summed E-state index contributed by atoms with van der Waals surface area (Å²) in [5.41, 5.74) is 1.07. The number of ether oxygens (including phenoxy) is 1. The average Bonchev–Trinajstić information content (AvgIpc) is 2.60. The highest BCUT2D eigenvalue weighted by atomic mass is 16.6. The number of nitrogens with zero attached hydrogens (tertiary/aromatic N) is 1. The van der Waals surface area contributed by atoms with Crippen LogP contribution in [-0.2, 0) is 9.59 Å². The Morgan fingerprint density at radius 2 is 1.88 bits per heavy atom. The summed E-state index contributed by atoms with van der Waals surface area (Å²) in [7, 11) is 1.45. The normalized spacial score (nSPS) is 10.4. The highest BCUT2D eigenvalue weighted by Crippen LogP contribution is 2.28. The van der Waals surface area contributed by atoms with E-state index in [2.05, 4.69) is 10.6 Å². The lowest BCUT2D eigenvalue weighted by molar-refractivity contribution is -0.385. The lowest BCUT2D eigenvalue weighted by Crippen LogP contribution is -2.11. The number of rotatable bonds is 6. The van der Waals surface area contributed by atoms with E-state index < -0.39 is 10.8 Å². The van der Waals surface area contributed by atoms with Gasteiger partial charge in [-0.3, -0.25) is 19.7 Å². The topological polar surface area (TPSA) is 111 Å². The van der Waals surface area contributed by atoms with Crippen molar-refractivity contribution < 1.29 is 19.2 Å². The largest absolute Gasteiger partial charge is 0.495 e. The molecule has 0 saturated heterocycles. The molecule has 2 aromatic carbocycles. The lowest BCUT2D eigenvalue weighted by Gasteiger charge is -2.11. The lowest BCUT2D eigenvalue weighted by atomic mass is 10.1. The molecule has 0 saturated carbocycles. The van der Waals surface area contributed by atoms with E-state index in [0.717, 1.165) is 0 Å². The zero-order chi connectivity index (χ0) is 19.1. The molecular weight excluding hydrogens is 338 g/mol. The first-order valence-electron chi connectivity index (χ1n) is 7.59. The molecule has 2 aromatic rings. The number of para-hydroxylation sites is 1. The molecular formula is C18H17N3O5. The van der Waals surface area contributed by atoms with Gasteiger partial charge in [-0.05, 0) is 30.3 Å². The first-order chi connectivity index (χ1) is 12.4. The minimum absolute atomic E-state index is 0.0956. The van der Waals surface area contributed by atoms with Gasteiger partial charge in [-0.15, -0.1) is 0 Å². The van der Waals surface area contributed by atoms with Crippen molar-refractivity contribution in [1.29, 1.82) is 0 Å². The number of amides is 2.